The number of aromatic amines is 1. The first-order chi connectivity index (χ1) is 15.1. The first-order valence-electron chi connectivity index (χ1n) is 9.95. The van der Waals surface area contributed by atoms with Crippen LogP contribution in [0.15, 0.2) is 70.6 Å². The average molecular weight is 431 g/mol. The van der Waals surface area contributed by atoms with Crippen LogP contribution in [0.5, 0.6) is 0 Å². The van der Waals surface area contributed by atoms with Crippen molar-refractivity contribution in [2.24, 2.45) is 0 Å². The Morgan fingerprint density at radius 1 is 1.10 bits per heavy atom. The number of benzene rings is 2. The van der Waals surface area contributed by atoms with Gasteiger partial charge in [0.2, 0.25) is 0 Å². The van der Waals surface area contributed by atoms with E-state index in [0.717, 1.165) is 27.6 Å². The number of nitrogens with one attached hydrogen (secondary N) is 2. The molecule has 0 radical (unpaired) electrons. The van der Waals surface area contributed by atoms with Crippen LogP contribution in [0, 0.1) is 12.7 Å². The van der Waals surface area contributed by atoms with Crippen molar-refractivity contribution in [1.29, 1.82) is 0 Å². The molecule has 2 aromatic carbocycles. The van der Waals surface area contributed by atoms with E-state index < -0.39 is 0 Å². The number of halogens is 1. The minimum absolute atomic E-state index is 0.0936. The van der Waals surface area contributed by atoms with Crippen molar-refractivity contribution in [2.75, 3.05) is 6.54 Å². The molecule has 0 saturated heterocycles. The molecular formula is C24H19FN4OS. The van der Waals surface area contributed by atoms with Crippen LogP contribution in [0.4, 0.5) is 4.39 Å². The van der Waals surface area contributed by atoms with Gasteiger partial charge in [0.15, 0.2) is 5.82 Å². The van der Waals surface area contributed by atoms with Gasteiger partial charge in [0, 0.05) is 34.6 Å². The molecule has 5 rings (SSSR count). The van der Waals surface area contributed by atoms with E-state index in [1.54, 1.807) is 24.4 Å². The standard InChI is InChI=1S/C24H19FN4OS/c1-14-5-7-15(8-6-14)31-21-4-2-3-17(25)22(21)23-26-11-10-19(29-23)20-13-16-18(28-20)9-12-27-24(16)30/h2-8,10-11,13,28H,9,12H2,1H3,(H,27,30). The number of hydrogen-bond donors (Lipinski definition) is 2. The second-order valence-electron chi connectivity index (χ2n) is 7.37. The summed E-state index contributed by atoms with van der Waals surface area (Å²) in [6, 6.07) is 16.6. The smallest absolute Gasteiger partial charge is 0.253 e. The molecular weight excluding hydrogens is 411 g/mol. The van der Waals surface area contributed by atoms with Gasteiger partial charge in [-0.3, -0.25) is 4.79 Å². The molecule has 3 heterocycles. The Balaban J connectivity index is 1.54. The molecule has 1 amide bonds. The maximum Gasteiger partial charge on any atom is 0.253 e. The summed E-state index contributed by atoms with van der Waals surface area (Å²) < 4.78 is 14.9. The molecule has 4 aromatic rings. The Labute approximate surface area is 183 Å². The first kappa shape index (κ1) is 19.5. The number of amides is 1. The van der Waals surface area contributed by atoms with Crippen molar-refractivity contribution in [3.05, 3.63) is 83.4 Å². The van der Waals surface area contributed by atoms with Crippen molar-refractivity contribution in [3.63, 3.8) is 0 Å². The monoisotopic (exact) mass is 430 g/mol. The zero-order valence-electron chi connectivity index (χ0n) is 16.8. The average Bonchev–Trinajstić information content (AvgIpc) is 3.22. The van der Waals surface area contributed by atoms with Crippen molar-refractivity contribution in [3.8, 4) is 22.8 Å². The number of rotatable bonds is 4. The second kappa shape index (κ2) is 8.00. The third-order valence-electron chi connectivity index (χ3n) is 5.18. The zero-order chi connectivity index (χ0) is 21.4. The van der Waals surface area contributed by atoms with Gasteiger partial charge in [0.1, 0.15) is 5.82 Å². The highest BCUT2D eigenvalue weighted by Crippen LogP contribution is 2.37. The summed E-state index contributed by atoms with van der Waals surface area (Å²) >= 11 is 1.48. The van der Waals surface area contributed by atoms with Crippen molar-refractivity contribution in [1.82, 2.24) is 20.3 Å². The highest BCUT2D eigenvalue weighted by molar-refractivity contribution is 7.99. The van der Waals surface area contributed by atoms with E-state index in [0.29, 0.717) is 29.2 Å². The number of aromatic nitrogens is 3. The number of carbonyl (C=O) groups excluding carboxylic acids is 1. The molecule has 0 spiro atoms. The Kier molecular flexibility index (Phi) is 5.03. The maximum absolute atomic E-state index is 14.9. The van der Waals surface area contributed by atoms with Crippen LogP contribution in [0.25, 0.3) is 22.8 Å². The predicted molar refractivity (Wildman–Crippen MR) is 119 cm³/mol. The third-order valence-corrected chi connectivity index (χ3v) is 6.25. The summed E-state index contributed by atoms with van der Waals surface area (Å²) in [7, 11) is 0. The SMILES string of the molecule is Cc1ccc(Sc2cccc(F)c2-c2nccc(-c3cc4c([nH]3)CCNC4=O)n2)cc1. The van der Waals surface area contributed by atoms with Crippen LogP contribution in [0.3, 0.4) is 0 Å². The molecule has 154 valence electrons. The van der Waals surface area contributed by atoms with Crippen molar-refractivity contribution < 1.29 is 9.18 Å². The lowest BCUT2D eigenvalue weighted by Gasteiger charge is -2.11. The molecule has 5 nitrogen and oxygen atoms in total. The van der Waals surface area contributed by atoms with E-state index in [4.69, 9.17) is 0 Å². The molecule has 31 heavy (non-hydrogen) atoms. The summed E-state index contributed by atoms with van der Waals surface area (Å²) in [5.74, 6) is -0.162. The van der Waals surface area contributed by atoms with Crippen LogP contribution < -0.4 is 5.32 Å². The number of H-pyrrole nitrogens is 1. The predicted octanol–water partition coefficient (Wildman–Crippen LogP) is 5.02. The molecule has 2 N–H and O–H groups in total. The fourth-order valence-electron chi connectivity index (χ4n) is 3.60. The van der Waals surface area contributed by atoms with E-state index in [1.807, 2.05) is 37.3 Å². The van der Waals surface area contributed by atoms with Crippen LogP contribution in [0.2, 0.25) is 0 Å². The lowest BCUT2D eigenvalue weighted by molar-refractivity contribution is 0.0946. The number of aryl methyl sites for hydroxylation is 1. The van der Waals surface area contributed by atoms with Crippen molar-refractivity contribution in [2.45, 2.75) is 23.1 Å². The Bertz CT molecular complexity index is 1280. The molecule has 0 aliphatic carbocycles. The Morgan fingerprint density at radius 3 is 2.74 bits per heavy atom. The summed E-state index contributed by atoms with van der Waals surface area (Å²) in [6.07, 6.45) is 2.36. The number of nitrogens with zero attached hydrogens (tertiary/aromatic N) is 2. The minimum Gasteiger partial charge on any atom is -0.356 e. The fraction of sp³-hybridized carbons (Fsp3) is 0.125. The summed E-state index contributed by atoms with van der Waals surface area (Å²) in [6.45, 7) is 2.64. The molecule has 0 fully saturated rings. The molecule has 7 heteroatoms. The number of fused-ring (bicyclic) bond motifs is 1. The fourth-order valence-corrected chi connectivity index (χ4v) is 4.56. The van der Waals surface area contributed by atoms with Gasteiger partial charge in [-0.2, -0.15) is 0 Å². The van der Waals surface area contributed by atoms with Gasteiger partial charge in [-0.25, -0.2) is 14.4 Å². The quantitative estimate of drug-likeness (QED) is 0.477. The molecule has 2 aromatic heterocycles. The molecule has 0 bridgehead atoms. The van der Waals surface area contributed by atoms with E-state index in [1.165, 1.54) is 23.4 Å². The summed E-state index contributed by atoms with van der Waals surface area (Å²) in [4.78, 5) is 26.1. The van der Waals surface area contributed by atoms with E-state index in [2.05, 4.69) is 20.3 Å². The highest BCUT2D eigenvalue weighted by atomic mass is 32.2. The summed E-state index contributed by atoms with van der Waals surface area (Å²) in [5, 5.41) is 2.84. The normalized spacial score (nSPS) is 13.0. The van der Waals surface area contributed by atoms with Gasteiger partial charge in [0.05, 0.1) is 22.5 Å². The molecule has 0 saturated carbocycles. The van der Waals surface area contributed by atoms with E-state index in [-0.39, 0.29) is 11.7 Å². The first-order valence-corrected chi connectivity index (χ1v) is 10.8. The van der Waals surface area contributed by atoms with Crippen LogP contribution in [0.1, 0.15) is 21.6 Å². The summed E-state index contributed by atoms with van der Waals surface area (Å²) in [5.41, 5.74) is 4.38. The van der Waals surface area contributed by atoms with Crippen LogP contribution >= 0.6 is 11.8 Å². The second-order valence-corrected chi connectivity index (χ2v) is 8.49. The van der Waals surface area contributed by atoms with E-state index in [9.17, 15) is 9.18 Å². The largest absolute Gasteiger partial charge is 0.356 e. The third kappa shape index (κ3) is 3.84. The minimum atomic E-state index is -0.376. The van der Waals surface area contributed by atoms with Gasteiger partial charge in [-0.1, -0.05) is 35.5 Å². The zero-order valence-corrected chi connectivity index (χ0v) is 17.6. The maximum atomic E-state index is 14.9. The topological polar surface area (TPSA) is 70.7 Å². The van der Waals surface area contributed by atoms with E-state index >= 15 is 0 Å². The van der Waals surface area contributed by atoms with Gasteiger partial charge < -0.3 is 10.3 Å². The molecule has 1 aliphatic heterocycles. The Hall–Kier alpha value is -3.45. The van der Waals surface area contributed by atoms with Crippen LogP contribution in [-0.2, 0) is 6.42 Å². The van der Waals surface area contributed by atoms with Gasteiger partial charge in [-0.05, 0) is 43.3 Å². The van der Waals surface area contributed by atoms with Gasteiger partial charge >= 0.3 is 0 Å². The van der Waals surface area contributed by atoms with Crippen molar-refractivity contribution >= 4 is 17.7 Å². The molecule has 1 aliphatic rings. The molecule has 0 unspecified atom stereocenters. The number of carbonyl (C=O) groups is 1. The number of hydrogen-bond acceptors (Lipinski definition) is 4. The lowest BCUT2D eigenvalue weighted by atomic mass is 10.1. The Morgan fingerprint density at radius 2 is 1.94 bits per heavy atom. The van der Waals surface area contributed by atoms with Gasteiger partial charge in [0.25, 0.3) is 5.91 Å². The van der Waals surface area contributed by atoms with Crippen LogP contribution in [-0.4, -0.2) is 27.4 Å². The van der Waals surface area contributed by atoms with Gasteiger partial charge in [-0.15, -0.1) is 0 Å². The lowest BCUT2D eigenvalue weighted by Crippen LogP contribution is -2.31. The highest BCUT2D eigenvalue weighted by Gasteiger charge is 2.21. The molecule has 0 atom stereocenters.